The van der Waals surface area contributed by atoms with E-state index in [0.29, 0.717) is 23.6 Å². The summed E-state index contributed by atoms with van der Waals surface area (Å²) in [6, 6.07) is 5.00. The Bertz CT molecular complexity index is 373. The molecule has 0 amide bonds. The lowest BCUT2D eigenvalue weighted by atomic mass is 9.97. The lowest BCUT2D eigenvalue weighted by Gasteiger charge is -2.15. The molecule has 100 valence electrons. The Morgan fingerprint density at radius 2 is 2.00 bits per heavy atom. The van der Waals surface area contributed by atoms with Crippen molar-refractivity contribution >= 4 is 6.29 Å². The number of hydrogen-bond donors (Lipinski definition) is 2. The highest BCUT2D eigenvalue weighted by atomic mass is 16.5. The maximum absolute atomic E-state index is 10.2. The number of ether oxygens (including phenoxy) is 1. The monoisotopic (exact) mass is 251 g/mol. The molecule has 1 aromatic carbocycles. The number of hydrogen-bond acceptors (Lipinski definition) is 4. The van der Waals surface area contributed by atoms with Gasteiger partial charge in [-0.1, -0.05) is 19.3 Å². The maximum Gasteiger partial charge on any atom is 0.160 e. The summed E-state index contributed by atoms with van der Waals surface area (Å²) in [5.74, 6) is 0.354. The molecular weight excluding hydrogens is 230 g/mol. The second-order valence-electron chi connectivity index (χ2n) is 4.45. The van der Waals surface area contributed by atoms with Gasteiger partial charge in [-0.3, -0.25) is 4.79 Å². The van der Waals surface area contributed by atoms with Gasteiger partial charge in [0.05, 0.1) is 7.11 Å². The van der Waals surface area contributed by atoms with Crippen LogP contribution in [0.4, 0.5) is 0 Å². The molecule has 1 aromatic rings. The molecule has 0 atom stereocenters. The van der Waals surface area contributed by atoms with Crippen LogP contribution in [0.3, 0.4) is 0 Å². The smallest absolute Gasteiger partial charge is 0.160 e. The first-order valence-corrected chi connectivity index (χ1v) is 6.25. The Balaban J connectivity index is 0.000000199. The van der Waals surface area contributed by atoms with E-state index >= 15 is 0 Å². The summed E-state index contributed by atoms with van der Waals surface area (Å²) >= 11 is 0. The van der Waals surface area contributed by atoms with Crippen molar-refractivity contribution < 1.29 is 14.6 Å². The van der Waals surface area contributed by atoms with E-state index in [-0.39, 0.29) is 5.75 Å². The summed E-state index contributed by atoms with van der Waals surface area (Å²) in [5, 5.41) is 9.14. The molecule has 0 spiro atoms. The normalized spacial score (nSPS) is 15.4. The molecule has 1 fully saturated rings. The van der Waals surface area contributed by atoms with Gasteiger partial charge in [0.15, 0.2) is 11.5 Å². The largest absolute Gasteiger partial charge is 0.504 e. The second kappa shape index (κ2) is 7.71. The summed E-state index contributed by atoms with van der Waals surface area (Å²) in [6.07, 6.45) is 7.33. The van der Waals surface area contributed by atoms with E-state index in [2.05, 4.69) is 0 Å². The number of carbonyl (C=O) groups excluding carboxylic acids is 1. The van der Waals surface area contributed by atoms with Gasteiger partial charge in [0.2, 0.25) is 0 Å². The third kappa shape index (κ3) is 4.75. The van der Waals surface area contributed by atoms with Crippen LogP contribution in [0.5, 0.6) is 11.5 Å². The zero-order valence-corrected chi connectivity index (χ0v) is 10.8. The summed E-state index contributed by atoms with van der Waals surface area (Å²) in [5.41, 5.74) is 6.07. The topological polar surface area (TPSA) is 72.5 Å². The lowest BCUT2D eigenvalue weighted by Crippen LogP contribution is -2.22. The van der Waals surface area contributed by atoms with Crippen LogP contribution < -0.4 is 10.5 Å². The van der Waals surface area contributed by atoms with Gasteiger partial charge in [-0.05, 0) is 31.0 Å². The Hall–Kier alpha value is -1.55. The zero-order chi connectivity index (χ0) is 13.4. The van der Waals surface area contributed by atoms with Crippen molar-refractivity contribution in [3.63, 3.8) is 0 Å². The van der Waals surface area contributed by atoms with Crippen molar-refractivity contribution in [1.82, 2.24) is 0 Å². The molecule has 4 nitrogen and oxygen atoms in total. The maximum atomic E-state index is 10.2. The highest BCUT2D eigenvalue weighted by Crippen LogP contribution is 2.25. The molecule has 3 N–H and O–H groups in total. The molecule has 0 radical (unpaired) electrons. The zero-order valence-electron chi connectivity index (χ0n) is 10.8. The van der Waals surface area contributed by atoms with Gasteiger partial charge in [-0.25, -0.2) is 0 Å². The Labute approximate surface area is 108 Å². The highest BCUT2D eigenvalue weighted by molar-refractivity contribution is 5.76. The van der Waals surface area contributed by atoms with Crippen LogP contribution in [-0.2, 0) is 0 Å². The number of phenols is 1. The van der Waals surface area contributed by atoms with Crippen molar-refractivity contribution in [2.45, 2.75) is 38.1 Å². The van der Waals surface area contributed by atoms with Crippen molar-refractivity contribution in [3.8, 4) is 11.5 Å². The Kier molecular flexibility index (Phi) is 6.22. The fourth-order valence-corrected chi connectivity index (χ4v) is 1.91. The molecule has 0 heterocycles. The van der Waals surface area contributed by atoms with Gasteiger partial charge in [0.1, 0.15) is 6.29 Å². The molecule has 0 bridgehead atoms. The molecule has 18 heavy (non-hydrogen) atoms. The molecule has 0 saturated heterocycles. The van der Waals surface area contributed by atoms with Crippen molar-refractivity contribution in [2.75, 3.05) is 7.11 Å². The predicted octanol–water partition coefficient (Wildman–Crippen LogP) is 2.49. The van der Waals surface area contributed by atoms with Crippen LogP contribution in [0.1, 0.15) is 42.5 Å². The van der Waals surface area contributed by atoms with Crippen LogP contribution in [0.2, 0.25) is 0 Å². The van der Waals surface area contributed by atoms with Crippen LogP contribution >= 0.6 is 0 Å². The summed E-state index contributed by atoms with van der Waals surface area (Å²) in [4.78, 5) is 10.2. The van der Waals surface area contributed by atoms with Crippen LogP contribution in [-0.4, -0.2) is 24.5 Å². The van der Waals surface area contributed by atoms with Crippen molar-refractivity contribution in [3.05, 3.63) is 23.8 Å². The third-order valence-corrected chi connectivity index (χ3v) is 2.99. The number of aromatic hydroxyl groups is 1. The molecule has 2 rings (SSSR count). The van der Waals surface area contributed by atoms with E-state index in [1.54, 1.807) is 12.1 Å². The SMILES string of the molecule is COc1ccc(C=O)cc1O.NC1CCCCC1. The quantitative estimate of drug-likeness (QED) is 0.792. The molecule has 1 aliphatic carbocycles. The van der Waals surface area contributed by atoms with Gasteiger partial charge < -0.3 is 15.6 Å². The highest BCUT2D eigenvalue weighted by Gasteiger charge is 2.06. The number of benzene rings is 1. The van der Waals surface area contributed by atoms with Crippen LogP contribution in [0, 0.1) is 0 Å². The van der Waals surface area contributed by atoms with Gasteiger partial charge in [-0.15, -0.1) is 0 Å². The van der Waals surface area contributed by atoms with Gasteiger partial charge in [0, 0.05) is 11.6 Å². The van der Waals surface area contributed by atoms with E-state index in [1.807, 2.05) is 0 Å². The first-order chi connectivity index (χ1) is 8.67. The minimum absolute atomic E-state index is 0.0166. The van der Waals surface area contributed by atoms with Crippen LogP contribution in [0.15, 0.2) is 18.2 Å². The molecule has 4 heteroatoms. The number of nitrogens with two attached hydrogens (primary N) is 1. The Morgan fingerprint density at radius 1 is 1.33 bits per heavy atom. The molecule has 0 unspecified atom stereocenters. The molecule has 0 aliphatic heterocycles. The fourth-order valence-electron chi connectivity index (χ4n) is 1.91. The second-order valence-corrected chi connectivity index (χ2v) is 4.45. The average molecular weight is 251 g/mol. The van der Waals surface area contributed by atoms with E-state index in [0.717, 1.165) is 0 Å². The number of aldehydes is 1. The first kappa shape index (κ1) is 14.5. The number of methoxy groups -OCH3 is 1. The average Bonchev–Trinajstić information content (AvgIpc) is 2.40. The first-order valence-electron chi connectivity index (χ1n) is 6.25. The van der Waals surface area contributed by atoms with E-state index < -0.39 is 0 Å². The van der Waals surface area contributed by atoms with Crippen LogP contribution in [0.25, 0.3) is 0 Å². The van der Waals surface area contributed by atoms with E-state index in [9.17, 15) is 4.79 Å². The molecule has 1 aliphatic rings. The standard InChI is InChI=1S/C8H8O3.C6H13N/c1-11-8-3-2-6(5-9)4-7(8)10;7-6-4-2-1-3-5-6/h2-5,10H,1H3;6H,1-5,7H2. The van der Waals surface area contributed by atoms with Gasteiger partial charge in [-0.2, -0.15) is 0 Å². The van der Waals surface area contributed by atoms with Crippen molar-refractivity contribution in [2.24, 2.45) is 5.73 Å². The molecule has 0 aromatic heterocycles. The van der Waals surface area contributed by atoms with Gasteiger partial charge in [0.25, 0.3) is 0 Å². The summed E-state index contributed by atoms with van der Waals surface area (Å²) < 4.78 is 4.78. The lowest BCUT2D eigenvalue weighted by molar-refractivity contribution is 0.112. The fraction of sp³-hybridized carbons (Fsp3) is 0.500. The van der Waals surface area contributed by atoms with Crippen molar-refractivity contribution in [1.29, 1.82) is 0 Å². The summed E-state index contributed by atoms with van der Waals surface area (Å²) in [7, 11) is 1.45. The number of carbonyl (C=O) groups is 1. The third-order valence-electron chi connectivity index (χ3n) is 2.99. The summed E-state index contributed by atoms with van der Waals surface area (Å²) in [6.45, 7) is 0. The minimum Gasteiger partial charge on any atom is -0.504 e. The molecule has 1 saturated carbocycles. The van der Waals surface area contributed by atoms with E-state index in [1.165, 1.54) is 45.3 Å². The van der Waals surface area contributed by atoms with Gasteiger partial charge >= 0.3 is 0 Å². The number of rotatable bonds is 2. The number of phenolic OH excluding ortho intramolecular Hbond substituents is 1. The Morgan fingerprint density at radius 3 is 2.39 bits per heavy atom. The van der Waals surface area contributed by atoms with E-state index in [4.69, 9.17) is 15.6 Å². The predicted molar refractivity (Wildman–Crippen MR) is 71.1 cm³/mol. The molecular formula is C14H21NO3. The minimum atomic E-state index is -0.0166.